The largest absolute Gasteiger partial charge is 0.491 e. The lowest BCUT2D eigenvalue weighted by molar-refractivity contribution is 0.146. The normalized spacial score (nSPS) is 11.0. The smallest absolute Gasteiger partial charge is 0.129 e. The van der Waals surface area contributed by atoms with Gasteiger partial charge in [-0.3, -0.25) is 0 Å². The second-order valence-corrected chi connectivity index (χ2v) is 5.72. The lowest BCUT2D eigenvalue weighted by Gasteiger charge is -2.13. The molecule has 0 aliphatic heterocycles. The van der Waals surface area contributed by atoms with Gasteiger partial charge in [-0.15, -0.1) is 0 Å². The van der Waals surface area contributed by atoms with Crippen molar-refractivity contribution in [1.82, 2.24) is 0 Å². The van der Waals surface area contributed by atoms with Crippen LogP contribution in [0.4, 0.5) is 4.39 Å². The number of aryl methyl sites for hydroxylation is 1. The molecule has 0 heterocycles. The molecule has 2 rings (SSSR count). The number of ether oxygens (including phenoxy) is 2. The van der Waals surface area contributed by atoms with Gasteiger partial charge in [-0.2, -0.15) is 0 Å². The summed E-state index contributed by atoms with van der Waals surface area (Å²) in [6, 6.07) is 11.7. The molecule has 118 valence electrons. The van der Waals surface area contributed by atoms with Crippen LogP contribution in [0.25, 0.3) is 11.1 Å². The highest BCUT2D eigenvalue weighted by molar-refractivity contribution is 5.67. The molecule has 2 aromatic carbocycles. The molecule has 0 saturated heterocycles. The monoisotopic (exact) mass is 302 g/mol. The summed E-state index contributed by atoms with van der Waals surface area (Å²) in [6.45, 7) is 6.89. The Labute approximate surface area is 131 Å². The predicted molar refractivity (Wildman–Crippen MR) is 88.0 cm³/mol. The van der Waals surface area contributed by atoms with Crippen LogP contribution in [0.3, 0.4) is 0 Å². The first-order valence-corrected chi connectivity index (χ1v) is 7.55. The van der Waals surface area contributed by atoms with Gasteiger partial charge in [-0.1, -0.05) is 26.0 Å². The number of benzene rings is 2. The molecule has 0 spiro atoms. The van der Waals surface area contributed by atoms with Gasteiger partial charge in [0.25, 0.3) is 0 Å². The Kier molecular flexibility index (Phi) is 5.56. The van der Waals surface area contributed by atoms with Gasteiger partial charge < -0.3 is 9.47 Å². The fourth-order valence-corrected chi connectivity index (χ4v) is 2.39. The van der Waals surface area contributed by atoms with Crippen LogP contribution in [0, 0.1) is 12.7 Å². The maximum atomic E-state index is 14.2. The van der Waals surface area contributed by atoms with E-state index < -0.39 is 0 Å². The van der Waals surface area contributed by atoms with Crippen LogP contribution in [0.5, 0.6) is 5.75 Å². The van der Waals surface area contributed by atoms with Crippen LogP contribution in [0.1, 0.15) is 30.9 Å². The molecule has 3 heteroatoms. The topological polar surface area (TPSA) is 18.5 Å². The van der Waals surface area contributed by atoms with Gasteiger partial charge in [0.1, 0.15) is 18.2 Å². The van der Waals surface area contributed by atoms with Crippen molar-refractivity contribution in [2.24, 2.45) is 0 Å². The Morgan fingerprint density at radius 1 is 1.05 bits per heavy atom. The highest BCUT2D eigenvalue weighted by Crippen LogP contribution is 2.30. The van der Waals surface area contributed by atoms with Gasteiger partial charge in [0.05, 0.1) is 6.61 Å². The number of hydrogen-bond donors (Lipinski definition) is 0. The van der Waals surface area contributed by atoms with E-state index in [0.717, 1.165) is 22.4 Å². The highest BCUT2D eigenvalue weighted by atomic mass is 19.1. The Hall–Kier alpha value is -1.87. The fourth-order valence-electron chi connectivity index (χ4n) is 2.39. The quantitative estimate of drug-likeness (QED) is 0.703. The number of rotatable bonds is 6. The van der Waals surface area contributed by atoms with Gasteiger partial charge >= 0.3 is 0 Å². The summed E-state index contributed by atoms with van der Waals surface area (Å²) in [5.41, 5.74) is 3.47. The third-order valence-corrected chi connectivity index (χ3v) is 3.63. The minimum Gasteiger partial charge on any atom is -0.491 e. The zero-order valence-corrected chi connectivity index (χ0v) is 13.7. The molecule has 0 fully saturated rings. The van der Waals surface area contributed by atoms with E-state index in [1.165, 1.54) is 0 Å². The number of halogens is 1. The number of methoxy groups -OCH3 is 1. The van der Waals surface area contributed by atoms with Crippen LogP contribution >= 0.6 is 0 Å². The molecule has 0 aliphatic carbocycles. The Bertz CT molecular complexity index is 635. The van der Waals surface area contributed by atoms with Crippen molar-refractivity contribution in [2.75, 3.05) is 20.3 Å². The molecule has 2 aromatic rings. The molecule has 0 aromatic heterocycles. The average Bonchev–Trinajstić information content (AvgIpc) is 2.50. The SMILES string of the molecule is COCCOc1cccc(-c2cc(C)c(F)c(C(C)C)c2)c1. The van der Waals surface area contributed by atoms with E-state index in [-0.39, 0.29) is 11.7 Å². The molecule has 0 radical (unpaired) electrons. The molecule has 0 amide bonds. The van der Waals surface area contributed by atoms with Crippen molar-refractivity contribution in [3.05, 3.63) is 53.3 Å². The van der Waals surface area contributed by atoms with E-state index in [1.54, 1.807) is 7.11 Å². The third-order valence-electron chi connectivity index (χ3n) is 3.63. The van der Waals surface area contributed by atoms with Gasteiger partial charge in [-0.05, 0) is 59.4 Å². The summed E-state index contributed by atoms with van der Waals surface area (Å²) in [5.74, 6) is 0.841. The van der Waals surface area contributed by atoms with Crippen molar-refractivity contribution in [1.29, 1.82) is 0 Å². The van der Waals surface area contributed by atoms with E-state index in [0.29, 0.717) is 18.8 Å². The first kappa shape index (κ1) is 16.5. The maximum Gasteiger partial charge on any atom is 0.129 e. The maximum absolute atomic E-state index is 14.2. The van der Waals surface area contributed by atoms with E-state index in [9.17, 15) is 4.39 Å². The summed E-state index contributed by atoms with van der Waals surface area (Å²) in [4.78, 5) is 0. The second kappa shape index (κ2) is 7.41. The van der Waals surface area contributed by atoms with Crippen molar-refractivity contribution in [3.63, 3.8) is 0 Å². The van der Waals surface area contributed by atoms with Crippen LogP contribution < -0.4 is 4.74 Å². The standard InChI is InChI=1S/C19H23FO2/c1-13(2)18-12-16(10-14(3)19(18)20)15-6-5-7-17(11-15)22-9-8-21-4/h5-7,10-13H,8-9H2,1-4H3. The Morgan fingerprint density at radius 2 is 1.82 bits per heavy atom. The third kappa shape index (κ3) is 3.86. The average molecular weight is 302 g/mol. The summed E-state index contributed by atoms with van der Waals surface area (Å²) < 4.78 is 24.8. The molecular formula is C19H23FO2. The second-order valence-electron chi connectivity index (χ2n) is 5.72. The summed E-state index contributed by atoms with van der Waals surface area (Å²) in [5, 5.41) is 0. The van der Waals surface area contributed by atoms with Gasteiger partial charge in [-0.25, -0.2) is 4.39 Å². The highest BCUT2D eigenvalue weighted by Gasteiger charge is 2.12. The van der Waals surface area contributed by atoms with Crippen molar-refractivity contribution in [3.8, 4) is 16.9 Å². The van der Waals surface area contributed by atoms with Crippen LogP contribution in [0.15, 0.2) is 36.4 Å². The molecular weight excluding hydrogens is 279 g/mol. The Morgan fingerprint density at radius 3 is 2.50 bits per heavy atom. The van der Waals surface area contributed by atoms with E-state index in [4.69, 9.17) is 9.47 Å². The zero-order valence-electron chi connectivity index (χ0n) is 13.7. The van der Waals surface area contributed by atoms with Gasteiger partial charge in [0.2, 0.25) is 0 Å². The summed E-state index contributed by atoms with van der Waals surface area (Å²) in [7, 11) is 1.65. The molecule has 2 nitrogen and oxygen atoms in total. The molecule has 22 heavy (non-hydrogen) atoms. The minimum atomic E-state index is -0.105. The van der Waals surface area contributed by atoms with Crippen LogP contribution in [-0.4, -0.2) is 20.3 Å². The molecule has 0 unspecified atom stereocenters. The fraction of sp³-hybridized carbons (Fsp3) is 0.368. The van der Waals surface area contributed by atoms with Crippen molar-refractivity contribution in [2.45, 2.75) is 26.7 Å². The van der Waals surface area contributed by atoms with E-state index in [2.05, 4.69) is 0 Å². The molecule has 0 N–H and O–H groups in total. The molecule has 0 saturated carbocycles. The number of hydrogen-bond acceptors (Lipinski definition) is 2. The molecule has 0 aliphatic rings. The zero-order chi connectivity index (χ0) is 16.1. The lowest BCUT2D eigenvalue weighted by atomic mass is 9.94. The summed E-state index contributed by atoms with van der Waals surface area (Å²) >= 11 is 0. The van der Waals surface area contributed by atoms with Crippen LogP contribution in [0.2, 0.25) is 0 Å². The van der Waals surface area contributed by atoms with Gasteiger partial charge in [0.15, 0.2) is 0 Å². The molecule has 0 bridgehead atoms. The van der Waals surface area contributed by atoms with Crippen molar-refractivity contribution < 1.29 is 13.9 Å². The minimum absolute atomic E-state index is 0.105. The predicted octanol–water partition coefficient (Wildman–Crippen LogP) is 4.95. The Balaban J connectivity index is 2.33. The van der Waals surface area contributed by atoms with Gasteiger partial charge in [0, 0.05) is 7.11 Å². The van der Waals surface area contributed by atoms with E-state index in [1.807, 2.05) is 57.2 Å². The van der Waals surface area contributed by atoms with Crippen molar-refractivity contribution >= 4 is 0 Å². The first-order chi connectivity index (χ1) is 10.5. The molecule has 0 atom stereocenters. The van der Waals surface area contributed by atoms with Crippen LogP contribution in [-0.2, 0) is 4.74 Å². The first-order valence-electron chi connectivity index (χ1n) is 7.55. The van der Waals surface area contributed by atoms with E-state index >= 15 is 0 Å². The summed E-state index contributed by atoms with van der Waals surface area (Å²) in [6.07, 6.45) is 0. The lowest BCUT2D eigenvalue weighted by Crippen LogP contribution is -2.04.